The van der Waals surface area contributed by atoms with E-state index >= 15 is 0 Å². The molecule has 2 saturated carbocycles. The number of rotatable bonds is 1. The van der Waals surface area contributed by atoms with Crippen LogP contribution in [0.4, 0.5) is 26.3 Å². The molecule has 5 unspecified atom stereocenters. The molecule has 0 aromatic carbocycles. The van der Waals surface area contributed by atoms with E-state index in [2.05, 4.69) is 0 Å². The molecule has 2 fully saturated rings. The summed E-state index contributed by atoms with van der Waals surface area (Å²) < 4.78 is 77.0. The average molecular weight is 379 g/mol. The van der Waals surface area contributed by atoms with Crippen LogP contribution in [-0.4, -0.2) is 23.1 Å². The van der Waals surface area contributed by atoms with E-state index in [9.17, 15) is 31.4 Å². The molecular weight excluding hydrogens is 363 g/mol. The second-order valence-corrected chi connectivity index (χ2v) is 5.98. The molecule has 0 heterocycles. The van der Waals surface area contributed by atoms with Gasteiger partial charge in [-0.2, -0.15) is 26.3 Å². The van der Waals surface area contributed by atoms with Gasteiger partial charge < -0.3 is 5.11 Å². The third-order valence-corrected chi connectivity index (χ3v) is 5.30. The largest absolute Gasteiger partial charge is 0.426 e. The molecule has 0 amide bonds. The summed E-state index contributed by atoms with van der Waals surface area (Å²) in [5.74, 6) is -2.75. The van der Waals surface area contributed by atoms with Crippen molar-refractivity contribution in [3.63, 3.8) is 0 Å². The Morgan fingerprint density at radius 1 is 0.850 bits per heavy atom. The Bertz CT molecular complexity index is 350. The van der Waals surface area contributed by atoms with Gasteiger partial charge in [0.2, 0.25) is 0 Å². The zero-order valence-corrected chi connectivity index (χ0v) is 13.9. The van der Waals surface area contributed by atoms with E-state index in [0.29, 0.717) is 6.42 Å². The van der Waals surface area contributed by atoms with E-state index in [4.69, 9.17) is 0 Å². The predicted octanol–water partition coefficient (Wildman–Crippen LogP) is 3.77. The first kappa shape index (κ1) is 18.7. The molecule has 8 heteroatoms. The van der Waals surface area contributed by atoms with Crippen LogP contribution in [0.1, 0.15) is 26.7 Å². The Labute approximate surface area is 138 Å². The van der Waals surface area contributed by atoms with Crippen molar-refractivity contribution in [3.05, 3.63) is 0 Å². The third kappa shape index (κ3) is 2.45. The van der Waals surface area contributed by atoms with Crippen molar-refractivity contribution in [2.24, 2.45) is 29.6 Å². The van der Waals surface area contributed by atoms with Crippen molar-refractivity contribution in [1.29, 1.82) is 0 Å². The first-order valence-electron chi connectivity index (χ1n) is 6.27. The van der Waals surface area contributed by atoms with Crippen LogP contribution in [0.2, 0.25) is 0 Å². The zero-order chi connectivity index (χ0) is 14.8. The fraction of sp³-hybridized carbons (Fsp3) is 1.00. The molecule has 2 aliphatic rings. The van der Waals surface area contributed by atoms with E-state index in [1.54, 1.807) is 6.92 Å². The van der Waals surface area contributed by atoms with Crippen LogP contribution in [-0.2, 0) is 32.7 Å². The van der Waals surface area contributed by atoms with Crippen molar-refractivity contribution in [1.82, 2.24) is 0 Å². The Morgan fingerprint density at radius 3 is 1.60 bits per heavy atom. The summed E-state index contributed by atoms with van der Waals surface area (Å²) in [4.78, 5) is 0. The first-order chi connectivity index (χ1) is 8.41. The van der Waals surface area contributed by atoms with Gasteiger partial charge in [-0.1, -0.05) is 13.8 Å². The molecule has 5 atom stereocenters. The topological polar surface area (TPSA) is 20.2 Å². The number of halogens is 6. The van der Waals surface area contributed by atoms with E-state index in [-0.39, 0.29) is 56.9 Å². The molecule has 20 heavy (non-hydrogen) atoms. The molecular formula is C12H16F6OY. The Balaban J connectivity index is 0.00000200. The Hall–Kier alpha value is 0.644. The molecule has 115 valence electrons. The van der Waals surface area contributed by atoms with Crippen LogP contribution in [0.25, 0.3) is 0 Å². The van der Waals surface area contributed by atoms with Gasteiger partial charge in [0.05, 0.1) is 0 Å². The van der Waals surface area contributed by atoms with Gasteiger partial charge in [0.25, 0.3) is 5.60 Å². The van der Waals surface area contributed by atoms with Crippen LogP contribution in [0.5, 0.6) is 0 Å². The number of fused-ring (bicyclic) bond motifs is 2. The molecule has 0 aromatic heterocycles. The minimum atomic E-state index is -5.69. The quantitative estimate of drug-likeness (QED) is 0.688. The van der Waals surface area contributed by atoms with Crippen molar-refractivity contribution in [2.75, 3.05) is 0 Å². The molecule has 1 N–H and O–H groups in total. The Morgan fingerprint density at radius 2 is 1.30 bits per heavy atom. The van der Waals surface area contributed by atoms with Gasteiger partial charge in [0.1, 0.15) is 0 Å². The van der Waals surface area contributed by atoms with E-state index < -0.39 is 29.8 Å². The second-order valence-electron chi connectivity index (χ2n) is 5.98. The van der Waals surface area contributed by atoms with Crippen LogP contribution in [0.15, 0.2) is 0 Å². The zero-order valence-electron chi connectivity index (χ0n) is 11.1. The number of aliphatic hydroxyl groups is 1. The first-order valence-corrected chi connectivity index (χ1v) is 6.27. The van der Waals surface area contributed by atoms with Gasteiger partial charge in [-0.15, -0.1) is 0 Å². The molecule has 0 saturated heterocycles. The van der Waals surface area contributed by atoms with Crippen molar-refractivity contribution in [2.45, 2.75) is 44.6 Å². The SMILES string of the molecule is CC1C2CC(C1C)C(C(O)(C(F)(F)F)C(F)(F)F)C2.[Y]. The maximum atomic E-state index is 12.8. The minimum Gasteiger partial charge on any atom is -0.373 e. The molecule has 1 radical (unpaired) electrons. The fourth-order valence-corrected chi connectivity index (χ4v) is 4.00. The van der Waals surface area contributed by atoms with Gasteiger partial charge in [-0.05, 0) is 36.5 Å². The van der Waals surface area contributed by atoms with E-state index in [1.165, 1.54) is 0 Å². The van der Waals surface area contributed by atoms with Gasteiger partial charge in [0, 0.05) is 38.6 Å². The number of hydrogen-bond donors (Lipinski definition) is 1. The number of hydrogen-bond acceptors (Lipinski definition) is 1. The van der Waals surface area contributed by atoms with Crippen molar-refractivity contribution >= 4 is 0 Å². The molecule has 2 bridgehead atoms. The summed E-state index contributed by atoms with van der Waals surface area (Å²) in [6, 6.07) is 0. The summed E-state index contributed by atoms with van der Waals surface area (Å²) in [5.41, 5.74) is -4.58. The normalized spacial score (nSPS) is 38.0. The van der Waals surface area contributed by atoms with Crippen LogP contribution in [0.3, 0.4) is 0 Å². The molecule has 2 rings (SSSR count). The third-order valence-electron chi connectivity index (χ3n) is 5.30. The van der Waals surface area contributed by atoms with Crippen LogP contribution < -0.4 is 0 Å². The maximum Gasteiger partial charge on any atom is 0.426 e. The molecule has 1 nitrogen and oxygen atoms in total. The average Bonchev–Trinajstić information content (AvgIpc) is 2.76. The monoisotopic (exact) mass is 379 g/mol. The van der Waals surface area contributed by atoms with Crippen LogP contribution in [0, 0.1) is 29.6 Å². The van der Waals surface area contributed by atoms with E-state index in [1.807, 2.05) is 6.92 Å². The van der Waals surface area contributed by atoms with E-state index in [0.717, 1.165) is 0 Å². The summed E-state index contributed by atoms with van der Waals surface area (Å²) in [5, 5.41) is 9.46. The standard InChI is InChI=1S/C12H16F6O.Y/c1-5-6(2)8-3-7(5)4-9(8)10(19,11(13,14)15)12(16,17)18;/h5-9,19H,3-4H2,1-2H3;. The van der Waals surface area contributed by atoms with Gasteiger partial charge >= 0.3 is 12.4 Å². The van der Waals surface area contributed by atoms with Crippen molar-refractivity contribution < 1.29 is 64.2 Å². The number of alkyl halides is 6. The Kier molecular flexibility index (Phi) is 5.02. The molecule has 2 aliphatic carbocycles. The molecule has 0 aliphatic heterocycles. The predicted molar refractivity (Wildman–Crippen MR) is 55.1 cm³/mol. The van der Waals surface area contributed by atoms with Gasteiger partial charge in [-0.3, -0.25) is 0 Å². The summed E-state index contributed by atoms with van der Waals surface area (Å²) in [6.07, 6.45) is -11.2. The molecule has 0 spiro atoms. The minimum absolute atomic E-state index is 0. The summed E-state index contributed by atoms with van der Waals surface area (Å²) in [6.45, 7) is 3.53. The smallest absolute Gasteiger partial charge is 0.373 e. The maximum absolute atomic E-state index is 12.8. The van der Waals surface area contributed by atoms with Gasteiger partial charge in [-0.25, -0.2) is 0 Å². The second kappa shape index (κ2) is 5.37. The summed E-state index contributed by atoms with van der Waals surface area (Å²) >= 11 is 0. The molecule has 0 aromatic rings. The summed E-state index contributed by atoms with van der Waals surface area (Å²) in [7, 11) is 0. The van der Waals surface area contributed by atoms with Crippen LogP contribution >= 0.6 is 0 Å². The van der Waals surface area contributed by atoms with Gasteiger partial charge in [0.15, 0.2) is 0 Å². The fourth-order valence-electron chi connectivity index (χ4n) is 4.00. The van der Waals surface area contributed by atoms with Crippen molar-refractivity contribution in [3.8, 4) is 0 Å².